The van der Waals surface area contributed by atoms with Crippen LogP contribution in [0.4, 0.5) is 5.69 Å². The van der Waals surface area contributed by atoms with Gasteiger partial charge in [0.2, 0.25) is 0 Å². The number of rotatable bonds is 3. The predicted molar refractivity (Wildman–Crippen MR) is 94.6 cm³/mol. The van der Waals surface area contributed by atoms with Crippen molar-refractivity contribution in [1.29, 1.82) is 0 Å². The van der Waals surface area contributed by atoms with Crippen LogP contribution in [-0.4, -0.2) is 13.0 Å². The van der Waals surface area contributed by atoms with Crippen molar-refractivity contribution >= 4 is 45.8 Å². The van der Waals surface area contributed by atoms with Gasteiger partial charge >= 0.3 is 0 Å². The highest BCUT2D eigenvalue weighted by atomic mass is 127. The lowest BCUT2D eigenvalue weighted by Gasteiger charge is -2.14. The summed E-state index contributed by atoms with van der Waals surface area (Å²) >= 11 is 8.18. The highest BCUT2D eigenvalue weighted by Gasteiger charge is 2.12. The SMILES string of the molecule is COc1c(C)ccc(NC(=O)c2ccc(I)c(Cl)c2)c1C. The third-order valence-electron chi connectivity index (χ3n) is 3.24. The van der Waals surface area contributed by atoms with Crippen LogP contribution in [0.15, 0.2) is 30.3 Å². The van der Waals surface area contributed by atoms with Crippen molar-refractivity contribution in [2.75, 3.05) is 12.4 Å². The number of amides is 1. The summed E-state index contributed by atoms with van der Waals surface area (Å²) in [5, 5.41) is 3.47. The number of carbonyl (C=O) groups excluding carboxylic acids is 1. The van der Waals surface area contributed by atoms with Gasteiger partial charge in [-0.3, -0.25) is 4.79 Å². The second-order valence-corrected chi connectivity index (χ2v) is 6.24. The van der Waals surface area contributed by atoms with Crippen molar-refractivity contribution in [2.45, 2.75) is 13.8 Å². The number of hydrogen-bond donors (Lipinski definition) is 1. The van der Waals surface area contributed by atoms with Gasteiger partial charge < -0.3 is 10.1 Å². The minimum absolute atomic E-state index is 0.192. The second kappa shape index (κ2) is 6.66. The molecule has 1 amide bonds. The number of anilines is 1. The molecular formula is C16H15ClINO2. The van der Waals surface area contributed by atoms with Crippen molar-refractivity contribution in [3.8, 4) is 5.75 Å². The van der Waals surface area contributed by atoms with Gasteiger partial charge in [0.05, 0.1) is 12.1 Å². The first kappa shape index (κ1) is 16.1. The van der Waals surface area contributed by atoms with Crippen molar-refractivity contribution in [1.82, 2.24) is 0 Å². The number of methoxy groups -OCH3 is 1. The summed E-state index contributed by atoms with van der Waals surface area (Å²) in [6, 6.07) is 9.03. The van der Waals surface area contributed by atoms with Crippen LogP contribution in [0.1, 0.15) is 21.5 Å². The van der Waals surface area contributed by atoms with E-state index in [0.29, 0.717) is 10.6 Å². The molecule has 0 aliphatic carbocycles. The lowest BCUT2D eigenvalue weighted by atomic mass is 10.1. The summed E-state index contributed by atoms with van der Waals surface area (Å²) in [6.07, 6.45) is 0. The zero-order chi connectivity index (χ0) is 15.6. The third-order valence-corrected chi connectivity index (χ3v) is 4.81. The van der Waals surface area contributed by atoms with Gasteiger partial charge in [0.25, 0.3) is 5.91 Å². The van der Waals surface area contributed by atoms with Crippen LogP contribution in [0.25, 0.3) is 0 Å². The zero-order valence-corrected chi connectivity index (χ0v) is 14.9. The molecule has 0 bridgehead atoms. The first-order valence-electron chi connectivity index (χ1n) is 6.34. The fraction of sp³-hybridized carbons (Fsp3) is 0.188. The average Bonchev–Trinajstić information content (AvgIpc) is 2.45. The van der Waals surface area contributed by atoms with E-state index < -0.39 is 0 Å². The summed E-state index contributed by atoms with van der Waals surface area (Å²) in [4.78, 5) is 12.3. The topological polar surface area (TPSA) is 38.3 Å². The average molecular weight is 416 g/mol. The molecular weight excluding hydrogens is 401 g/mol. The number of nitrogens with one attached hydrogen (secondary N) is 1. The molecule has 0 unspecified atom stereocenters. The molecule has 0 atom stereocenters. The first-order valence-corrected chi connectivity index (χ1v) is 7.80. The Balaban J connectivity index is 2.29. The molecule has 0 aromatic heterocycles. The molecule has 3 nitrogen and oxygen atoms in total. The number of halogens is 2. The largest absolute Gasteiger partial charge is 0.496 e. The van der Waals surface area contributed by atoms with Crippen molar-refractivity contribution in [2.24, 2.45) is 0 Å². The van der Waals surface area contributed by atoms with E-state index in [1.54, 1.807) is 19.2 Å². The molecule has 2 aromatic rings. The molecule has 0 aliphatic heterocycles. The molecule has 0 saturated carbocycles. The summed E-state index contributed by atoms with van der Waals surface area (Å²) in [5.74, 6) is 0.593. The summed E-state index contributed by atoms with van der Waals surface area (Å²) in [6.45, 7) is 3.89. The van der Waals surface area contributed by atoms with Crippen LogP contribution in [0.5, 0.6) is 5.75 Å². The Hall–Kier alpha value is -1.27. The normalized spacial score (nSPS) is 10.3. The van der Waals surface area contributed by atoms with Crippen LogP contribution in [0.3, 0.4) is 0 Å². The molecule has 0 radical (unpaired) electrons. The monoisotopic (exact) mass is 415 g/mol. The van der Waals surface area contributed by atoms with E-state index in [1.165, 1.54) is 0 Å². The summed E-state index contributed by atoms with van der Waals surface area (Å²) < 4.78 is 6.28. The number of carbonyl (C=O) groups is 1. The number of hydrogen-bond acceptors (Lipinski definition) is 2. The Bertz CT molecular complexity index is 701. The number of benzene rings is 2. The molecule has 0 heterocycles. The van der Waals surface area contributed by atoms with Gasteiger partial charge in [-0.15, -0.1) is 0 Å². The Kier molecular flexibility index (Phi) is 5.11. The van der Waals surface area contributed by atoms with Gasteiger partial charge in [-0.2, -0.15) is 0 Å². The fourth-order valence-electron chi connectivity index (χ4n) is 2.11. The third kappa shape index (κ3) is 3.49. The van der Waals surface area contributed by atoms with Gasteiger partial charge in [0, 0.05) is 20.4 Å². The van der Waals surface area contributed by atoms with E-state index in [4.69, 9.17) is 16.3 Å². The van der Waals surface area contributed by atoms with Crippen molar-refractivity contribution in [3.63, 3.8) is 0 Å². The number of ether oxygens (including phenoxy) is 1. The molecule has 2 aromatic carbocycles. The van der Waals surface area contributed by atoms with Crippen LogP contribution in [0.2, 0.25) is 5.02 Å². The van der Waals surface area contributed by atoms with E-state index in [-0.39, 0.29) is 5.91 Å². The molecule has 110 valence electrons. The van der Waals surface area contributed by atoms with Gasteiger partial charge in [0.1, 0.15) is 5.75 Å². The Labute approximate surface area is 142 Å². The first-order chi connectivity index (χ1) is 9.93. The van der Waals surface area contributed by atoms with E-state index in [2.05, 4.69) is 27.9 Å². The lowest BCUT2D eigenvalue weighted by Crippen LogP contribution is -2.13. The molecule has 5 heteroatoms. The molecule has 2 rings (SSSR count). The minimum atomic E-state index is -0.192. The maximum atomic E-state index is 12.3. The fourth-order valence-corrected chi connectivity index (χ4v) is 2.62. The maximum Gasteiger partial charge on any atom is 0.255 e. The quantitative estimate of drug-likeness (QED) is 0.730. The molecule has 0 spiro atoms. The Morgan fingerprint density at radius 1 is 1.24 bits per heavy atom. The van der Waals surface area contributed by atoms with Crippen molar-refractivity contribution < 1.29 is 9.53 Å². The Morgan fingerprint density at radius 2 is 1.95 bits per heavy atom. The van der Waals surface area contributed by atoms with Crippen LogP contribution < -0.4 is 10.1 Å². The lowest BCUT2D eigenvalue weighted by molar-refractivity contribution is 0.102. The van der Waals surface area contributed by atoms with E-state index in [1.807, 2.05) is 32.0 Å². The number of aryl methyl sites for hydroxylation is 1. The van der Waals surface area contributed by atoms with Crippen molar-refractivity contribution in [3.05, 3.63) is 55.6 Å². The minimum Gasteiger partial charge on any atom is -0.496 e. The molecule has 1 N–H and O–H groups in total. The van der Waals surface area contributed by atoms with Crippen LogP contribution in [-0.2, 0) is 0 Å². The van der Waals surface area contributed by atoms with E-state index >= 15 is 0 Å². The zero-order valence-electron chi connectivity index (χ0n) is 12.0. The molecule has 0 saturated heterocycles. The molecule has 0 aliphatic rings. The van der Waals surface area contributed by atoms with Gasteiger partial charge in [-0.1, -0.05) is 17.7 Å². The van der Waals surface area contributed by atoms with E-state index in [9.17, 15) is 4.79 Å². The smallest absolute Gasteiger partial charge is 0.255 e. The van der Waals surface area contributed by atoms with Gasteiger partial charge in [-0.05, 0) is 66.3 Å². The molecule has 0 fully saturated rings. The standard InChI is InChI=1S/C16H15ClINO2/c1-9-4-7-14(10(2)15(9)21-3)19-16(20)11-5-6-13(18)12(17)8-11/h4-8H,1-3H3,(H,19,20). The molecule has 21 heavy (non-hydrogen) atoms. The second-order valence-electron chi connectivity index (χ2n) is 4.67. The maximum absolute atomic E-state index is 12.3. The van der Waals surface area contributed by atoms with E-state index in [0.717, 1.165) is 26.1 Å². The highest BCUT2D eigenvalue weighted by Crippen LogP contribution is 2.29. The Morgan fingerprint density at radius 3 is 2.57 bits per heavy atom. The predicted octanol–water partition coefficient (Wildman–Crippen LogP) is 4.82. The highest BCUT2D eigenvalue weighted by molar-refractivity contribution is 14.1. The van der Waals surface area contributed by atoms with Crippen LogP contribution in [0, 0.1) is 17.4 Å². The summed E-state index contributed by atoms with van der Waals surface area (Å²) in [7, 11) is 1.62. The summed E-state index contributed by atoms with van der Waals surface area (Å²) in [5.41, 5.74) is 3.20. The van der Waals surface area contributed by atoms with Gasteiger partial charge in [-0.25, -0.2) is 0 Å². The van der Waals surface area contributed by atoms with Crippen LogP contribution >= 0.6 is 34.2 Å². The van der Waals surface area contributed by atoms with Gasteiger partial charge in [0.15, 0.2) is 0 Å².